The van der Waals surface area contributed by atoms with Crippen molar-refractivity contribution in [2.45, 2.75) is 31.7 Å². The van der Waals surface area contributed by atoms with E-state index in [4.69, 9.17) is 4.42 Å². The van der Waals surface area contributed by atoms with Crippen LogP contribution in [0.25, 0.3) is 0 Å². The van der Waals surface area contributed by atoms with Crippen molar-refractivity contribution in [1.82, 2.24) is 10.2 Å². The minimum Gasteiger partial charge on any atom is -0.468 e. The fraction of sp³-hybridized carbons (Fsp3) is 0.471. The molecule has 0 radical (unpaired) electrons. The normalized spacial score (nSPS) is 17.3. The fourth-order valence-corrected chi connectivity index (χ4v) is 3.64. The van der Waals surface area contributed by atoms with Crippen LogP contribution in [-0.2, 0) is 11.2 Å². The van der Waals surface area contributed by atoms with Gasteiger partial charge in [-0.1, -0.05) is 6.42 Å². The van der Waals surface area contributed by atoms with Crippen LogP contribution in [0.4, 0.5) is 0 Å². The number of hydrogen-bond donors (Lipinski definition) is 1. The molecule has 1 fully saturated rings. The molecule has 1 aliphatic heterocycles. The second kappa shape index (κ2) is 7.61. The highest BCUT2D eigenvalue weighted by atomic mass is 32.1. The van der Waals surface area contributed by atoms with E-state index in [2.05, 4.69) is 10.2 Å². The summed E-state index contributed by atoms with van der Waals surface area (Å²) < 4.78 is 5.60. The second-order valence-electron chi connectivity index (χ2n) is 5.74. The Morgan fingerprint density at radius 1 is 1.32 bits per heavy atom. The quantitative estimate of drug-likeness (QED) is 0.889. The molecule has 1 aliphatic rings. The Morgan fingerprint density at radius 2 is 2.18 bits per heavy atom. The zero-order valence-electron chi connectivity index (χ0n) is 12.7. The van der Waals surface area contributed by atoms with Crippen molar-refractivity contribution in [1.29, 1.82) is 0 Å². The summed E-state index contributed by atoms with van der Waals surface area (Å²) in [6.45, 7) is 2.76. The third-order valence-corrected chi connectivity index (χ3v) is 4.87. The molecule has 118 valence electrons. The monoisotopic (exact) mass is 318 g/mol. The molecule has 1 saturated heterocycles. The summed E-state index contributed by atoms with van der Waals surface area (Å²) in [7, 11) is 0. The molecular weight excluding hydrogens is 296 g/mol. The summed E-state index contributed by atoms with van der Waals surface area (Å²) in [5, 5.41) is 7.09. The first-order chi connectivity index (χ1) is 10.8. The molecular formula is C17H22N2O2S. The molecule has 1 N–H and O–H groups in total. The van der Waals surface area contributed by atoms with Crippen LogP contribution in [0.2, 0.25) is 0 Å². The summed E-state index contributed by atoms with van der Waals surface area (Å²) in [6, 6.07) is 6.06. The molecule has 2 aromatic rings. The van der Waals surface area contributed by atoms with E-state index in [1.807, 2.05) is 29.0 Å². The van der Waals surface area contributed by atoms with Crippen molar-refractivity contribution < 1.29 is 9.21 Å². The van der Waals surface area contributed by atoms with Crippen LogP contribution >= 0.6 is 11.3 Å². The predicted octanol–water partition coefficient (Wildman–Crippen LogP) is 3.23. The first kappa shape index (κ1) is 15.3. The zero-order valence-corrected chi connectivity index (χ0v) is 13.5. The summed E-state index contributed by atoms with van der Waals surface area (Å²) >= 11 is 1.62. The van der Waals surface area contributed by atoms with E-state index in [0.717, 1.165) is 24.4 Å². The lowest BCUT2D eigenvalue weighted by Crippen LogP contribution is -2.40. The second-order valence-corrected chi connectivity index (χ2v) is 6.52. The van der Waals surface area contributed by atoms with Gasteiger partial charge < -0.3 is 9.73 Å². The van der Waals surface area contributed by atoms with Gasteiger partial charge in [0.25, 0.3) is 0 Å². The van der Waals surface area contributed by atoms with E-state index in [9.17, 15) is 4.79 Å². The first-order valence-corrected chi connectivity index (χ1v) is 8.82. The topological polar surface area (TPSA) is 45.5 Å². The number of furan rings is 1. The molecule has 0 bridgehead atoms. The SMILES string of the molecule is O=C(Cc1ccsc1)NC[C@H](c1ccco1)N1CCCCC1. The number of nitrogens with one attached hydrogen (secondary N) is 1. The van der Waals surface area contributed by atoms with Crippen molar-refractivity contribution in [2.75, 3.05) is 19.6 Å². The van der Waals surface area contributed by atoms with E-state index >= 15 is 0 Å². The van der Waals surface area contributed by atoms with Gasteiger partial charge in [-0.3, -0.25) is 9.69 Å². The summed E-state index contributed by atoms with van der Waals surface area (Å²) in [5.74, 6) is 1.02. The highest BCUT2D eigenvalue weighted by molar-refractivity contribution is 7.07. The zero-order chi connectivity index (χ0) is 15.2. The van der Waals surface area contributed by atoms with Gasteiger partial charge in [-0.25, -0.2) is 0 Å². The van der Waals surface area contributed by atoms with Crippen LogP contribution in [0, 0.1) is 0 Å². The number of carbonyl (C=O) groups excluding carboxylic acids is 1. The van der Waals surface area contributed by atoms with Gasteiger partial charge >= 0.3 is 0 Å². The van der Waals surface area contributed by atoms with Crippen molar-refractivity contribution in [3.63, 3.8) is 0 Å². The number of amides is 1. The Kier molecular flexibility index (Phi) is 5.29. The number of carbonyl (C=O) groups is 1. The Balaban J connectivity index is 1.59. The Morgan fingerprint density at radius 3 is 2.86 bits per heavy atom. The fourth-order valence-electron chi connectivity index (χ4n) is 2.97. The maximum Gasteiger partial charge on any atom is 0.224 e. The smallest absolute Gasteiger partial charge is 0.224 e. The molecule has 0 saturated carbocycles. The minimum atomic E-state index is 0.0759. The number of nitrogens with zero attached hydrogens (tertiary/aromatic N) is 1. The van der Waals surface area contributed by atoms with Crippen LogP contribution in [0.3, 0.4) is 0 Å². The van der Waals surface area contributed by atoms with Gasteiger partial charge in [-0.2, -0.15) is 11.3 Å². The van der Waals surface area contributed by atoms with E-state index in [-0.39, 0.29) is 11.9 Å². The molecule has 22 heavy (non-hydrogen) atoms. The lowest BCUT2D eigenvalue weighted by atomic mass is 10.1. The summed E-state index contributed by atoms with van der Waals surface area (Å²) in [6.07, 6.45) is 5.90. The molecule has 0 aliphatic carbocycles. The average molecular weight is 318 g/mol. The van der Waals surface area contributed by atoms with Gasteiger partial charge in [0.1, 0.15) is 5.76 Å². The highest BCUT2D eigenvalue weighted by Crippen LogP contribution is 2.24. The third-order valence-electron chi connectivity index (χ3n) is 4.14. The molecule has 0 spiro atoms. The number of likely N-dealkylation sites (tertiary alicyclic amines) is 1. The molecule has 3 rings (SSSR count). The Hall–Kier alpha value is -1.59. The molecule has 1 amide bonds. The molecule has 0 aromatic carbocycles. The molecule has 0 unspecified atom stereocenters. The van der Waals surface area contributed by atoms with E-state index in [1.54, 1.807) is 17.6 Å². The average Bonchev–Trinajstić information content (AvgIpc) is 3.22. The summed E-state index contributed by atoms with van der Waals surface area (Å²) in [4.78, 5) is 14.5. The van der Waals surface area contributed by atoms with Crippen LogP contribution in [0.5, 0.6) is 0 Å². The van der Waals surface area contributed by atoms with Crippen molar-refractivity contribution >= 4 is 17.2 Å². The van der Waals surface area contributed by atoms with Gasteiger partial charge in [0, 0.05) is 6.54 Å². The van der Waals surface area contributed by atoms with Gasteiger partial charge in [-0.05, 0) is 60.5 Å². The van der Waals surface area contributed by atoms with Crippen molar-refractivity contribution in [3.05, 3.63) is 46.5 Å². The van der Waals surface area contributed by atoms with Crippen LogP contribution in [0.15, 0.2) is 39.6 Å². The Labute approximate surface area is 135 Å². The van der Waals surface area contributed by atoms with Gasteiger partial charge in [0.2, 0.25) is 5.91 Å². The van der Waals surface area contributed by atoms with Crippen molar-refractivity contribution in [3.8, 4) is 0 Å². The van der Waals surface area contributed by atoms with E-state index in [1.165, 1.54) is 19.3 Å². The molecule has 3 heterocycles. The van der Waals surface area contributed by atoms with Crippen LogP contribution < -0.4 is 5.32 Å². The third kappa shape index (κ3) is 3.99. The van der Waals surface area contributed by atoms with Crippen molar-refractivity contribution in [2.24, 2.45) is 0 Å². The maximum absolute atomic E-state index is 12.1. The molecule has 2 aromatic heterocycles. The first-order valence-electron chi connectivity index (χ1n) is 7.88. The number of hydrogen-bond acceptors (Lipinski definition) is 4. The van der Waals surface area contributed by atoms with E-state index < -0.39 is 0 Å². The lowest BCUT2D eigenvalue weighted by molar-refractivity contribution is -0.120. The highest BCUT2D eigenvalue weighted by Gasteiger charge is 2.24. The maximum atomic E-state index is 12.1. The minimum absolute atomic E-state index is 0.0759. The summed E-state index contributed by atoms with van der Waals surface area (Å²) in [5.41, 5.74) is 1.08. The molecule has 1 atom stereocenters. The lowest BCUT2D eigenvalue weighted by Gasteiger charge is -2.33. The van der Waals surface area contributed by atoms with Crippen LogP contribution in [0.1, 0.15) is 36.6 Å². The standard InChI is InChI=1S/C17H22N2O2S/c20-17(11-14-6-10-22-13-14)18-12-15(16-5-4-9-21-16)19-7-2-1-3-8-19/h4-6,9-10,13,15H,1-3,7-8,11-12H2,(H,18,20)/t15-/m1/s1. The van der Waals surface area contributed by atoms with Crippen LogP contribution in [-0.4, -0.2) is 30.4 Å². The van der Waals surface area contributed by atoms with Gasteiger partial charge in [0.05, 0.1) is 18.7 Å². The van der Waals surface area contributed by atoms with E-state index in [0.29, 0.717) is 13.0 Å². The number of piperidine rings is 1. The largest absolute Gasteiger partial charge is 0.468 e. The predicted molar refractivity (Wildman–Crippen MR) is 87.9 cm³/mol. The number of rotatable bonds is 6. The van der Waals surface area contributed by atoms with Gasteiger partial charge in [-0.15, -0.1) is 0 Å². The number of thiophene rings is 1. The molecule has 4 nitrogen and oxygen atoms in total. The Bertz CT molecular complexity index is 560. The molecule has 5 heteroatoms. The van der Waals surface area contributed by atoms with Gasteiger partial charge in [0.15, 0.2) is 0 Å².